The fourth-order valence-electron chi connectivity index (χ4n) is 4.08. The summed E-state index contributed by atoms with van der Waals surface area (Å²) in [4.78, 5) is 2.32. The number of hydrogen-bond donors (Lipinski definition) is 2. The molecule has 1 aromatic carbocycles. The first-order chi connectivity index (χ1) is 13.1. The largest absolute Gasteiger partial charge is 0.495 e. The van der Waals surface area contributed by atoms with Gasteiger partial charge in [-0.2, -0.15) is 5.10 Å². The van der Waals surface area contributed by atoms with Gasteiger partial charge < -0.3 is 9.64 Å². The summed E-state index contributed by atoms with van der Waals surface area (Å²) in [7, 11) is 1.73. The van der Waals surface area contributed by atoms with E-state index >= 15 is 0 Å². The van der Waals surface area contributed by atoms with Crippen LogP contribution in [-0.2, 0) is 0 Å². The Balaban J connectivity index is 2.07. The minimum atomic E-state index is 0.385. The molecule has 2 aromatic rings. The third-order valence-corrected chi connectivity index (χ3v) is 5.95. The van der Waals surface area contributed by atoms with Crippen molar-refractivity contribution in [3.63, 3.8) is 0 Å². The van der Waals surface area contributed by atoms with E-state index in [4.69, 9.17) is 4.74 Å². The smallest absolute Gasteiger partial charge is 0.142 e. The molecule has 1 heterocycles. The first kappa shape index (κ1) is 19.9. The maximum absolute atomic E-state index is 5.61. The van der Waals surface area contributed by atoms with Crippen LogP contribution < -0.4 is 9.64 Å². The monoisotopic (exact) mass is 385 g/mol. The molecule has 0 radical (unpaired) electrons. The highest BCUT2D eigenvalue weighted by Gasteiger charge is 2.23. The number of nitrogens with one attached hydrogen (secondary N) is 1. The Morgan fingerprint density at radius 2 is 2.04 bits per heavy atom. The summed E-state index contributed by atoms with van der Waals surface area (Å²) in [5.74, 6) is 1.29. The van der Waals surface area contributed by atoms with Crippen LogP contribution in [0.5, 0.6) is 5.75 Å². The van der Waals surface area contributed by atoms with Gasteiger partial charge in [-0.1, -0.05) is 24.6 Å². The average molecular weight is 386 g/mol. The summed E-state index contributed by atoms with van der Waals surface area (Å²) in [6.45, 7) is 8.46. The number of ether oxygens (including phenoxy) is 1. The number of methoxy groups -OCH3 is 1. The lowest BCUT2D eigenvalue weighted by Gasteiger charge is -2.25. The second kappa shape index (κ2) is 8.87. The number of aromatic amines is 1. The fourth-order valence-corrected chi connectivity index (χ4v) is 4.38. The van der Waals surface area contributed by atoms with Crippen LogP contribution in [0.25, 0.3) is 11.1 Å². The lowest BCUT2D eigenvalue weighted by atomic mass is 9.85. The Morgan fingerprint density at radius 3 is 2.70 bits per heavy atom. The molecule has 4 nitrogen and oxygen atoms in total. The quantitative estimate of drug-likeness (QED) is 0.466. The third-order valence-electron chi connectivity index (χ3n) is 5.62. The van der Waals surface area contributed by atoms with Crippen molar-refractivity contribution in [1.29, 1.82) is 0 Å². The third kappa shape index (κ3) is 4.03. The van der Waals surface area contributed by atoms with Crippen LogP contribution in [0.2, 0.25) is 0 Å². The van der Waals surface area contributed by atoms with E-state index in [-0.39, 0.29) is 0 Å². The first-order valence-electron chi connectivity index (χ1n) is 10.0. The van der Waals surface area contributed by atoms with E-state index in [9.17, 15) is 0 Å². The van der Waals surface area contributed by atoms with Gasteiger partial charge in [0, 0.05) is 24.6 Å². The van der Waals surface area contributed by atoms with Crippen LogP contribution in [0.15, 0.2) is 34.9 Å². The molecular formula is C22H31N3OS. The molecule has 0 saturated heterocycles. The van der Waals surface area contributed by atoms with Crippen molar-refractivity contribution >= 4 is 18.3 Å². The molecule has 0 spiro atoms. The number of thiol groups is 1. The van der Waals surface area contributed by atoms with Gasteiger partial charge in [0.15, 0.2) is 0 Å². The normalized spacial score (nSPS) is 16.9. The van der Waals surface area contributed by atoms with E-state index in [1.807, 2.05) is 0 Å². The average Bonchev–Trinajstić information content (AvgIpc) is 3.10. The molecule has 1 aromatic heterocycles. The van der Waals surface area contributed by atoms with E-state index in [0.717, 1.165) is 53.5 Å². The molecule has 146 valence electrons. The molecule has 0 aliphatic heterocycles. The zero-order valence-electron chi connectivity index (χ0n) is 16.9. The van der Waals surface area contributed by atoms with Crippen LogP contribution in [0.4, 0.5) is 5.69 Å². The summed E-state index contributed by atoms with van der Waals surface area (Å²) in [6.07, 6.45) is 7.17. The van der Waals surface area contributed by atoms with Crippen molar-refractivity contribution in [2.45, 2.75) is 57.4 Å². The Hall–Kier alpha value is -1.88. The van der Waals surface area contributed by atoms with Gasteiger partial charge in [0.05, 0.1) is 18.5 Å². The van der Waals surface area contributed by atoms with E-state index < -0.39 is 0 Å². The summed E-state index contributed by atoms with van der Waals surface area (Å²) in [6, 6.07) is 6.39. The van der Waals surface area contributed by atoms with Gasteiger partial charge in [0.1, 0.15) is 10.8 Å². The van der Waals surface area contributed by atoms with Gasteiger partial charge in [-0.25, -0.2) is 0 Å². The molecule has 0 bridgehead atoms. The summed E-state index contributed by atoms with van der Waals surface area (Å²) >= 11 is 4.67. The first-order valence-corrected chi connectivity index (χ1v) is 10.5. The topological polar surface area (TPSA) is 41.1 Å². The molecule has 0 fully saturated rings. The van der Waals surface area contributed by atoms with Gasteiger partial charge in [-0.05, 0) is 57.2 Å². The number of allylic oxidation sites excluding steroid dienone is 2. The number of H-pyrrole nitrogens is 1. The zero-order valence-corrected chi connectivity index (χ0v) is 17.8. The standard InChI is InChI=1S/C22H31N3OS/c1-5-15-9-8-10-17(13-15)21-20(22(27)24-23-21)16-11-12-19(26-4)18(14-16)25(6-2)7-3/h11-14,17H,5-10H2,1-4H3,(H2,23,24,27). The number of nitrogens with zero attached hydrogens (tertiary/aromatic N) is 2. The number of hydrogen-bond acceptors (Lipinski definition) is 4. The van der Waals surface area contributed by atoms with Gasteiger partial charge in [0.2, 0.25) is 0 Å². The summed E-state index contributed by atoms with van der Waals surface area (Å²) < 4.78 is 5.61. The Labute approximate surface area is 168 Å². The lowest BCUT2D eigenvalue weighted by Crippen LogP contribution is -2.22. The van der Waals surface area contributed by atoms with Crippen LogP contribution in [0, 0.1) is 0 Å². The molecule has 1 aliphatic rings. The Kier molecular flexibility index (Phi) is 6.53. The van der Waals surface area contributed by atoms with Crippen LogP contribution in [0.1, 0.15) is 58.1 Å². The molecule has 0 amide bonds. The van der Waals surface area contributed by atoms with Gasteiger partial charge in [-0.15, -0.1) is 12.6 Å². The molecule has 5 heteroatoms. The van der Waals surface area contributed by atoms with Crippen molar-refractivity contribution in [3.8, 4) is 16.9 Å². The SMILES string of the molecule is CCC1=CC(c2[nH]nc(S)c2-c2ccc(OC)c(N(CC)CC)c2)CCC1. The molecule has 1 N–H and O–H groups in total. The molecule has 1 aliphatic carbocycles. The molecule has 1 unspecified atom stereocenters. The summed E-state index contributed by atoms with van der Waals surface area (Å²) in [5.41, 5.74) is 6.11. The zero-order chi connectivity index (χ0) is 19.4. The predicted octanol–water partition coefficient (Wildman–Crippen LogP) is 5.82. The predicted molar refractivity (Wildman–Crippen MR) is 116 cm³/mol. The molecule has 27 heavy (non-hydrogen) atoms. The van der Waals surface area contributed by atoms with Crippen LogP contribution in [0.3, 0.4) is 0 Å². The number of aromatic nitrogens is 2. The van der Waals surface area contributed by atoms with Crippen LogP contribution >= 0.6 is 12.6 Å². The maximum Gasteiger partial charge on any atom is 0.142 e. The van der Waals surface area contributed by atoms with E-state index in [1.165, 1.54) is 18.5 Å². The summed E-state index contributed by atoms with van der Waals surface area (Å²) in [5, 5.41) is 8.48. The Morgan fingerprint density at radius 1 is 1.26 bits per heavy atom. The van der Waals surface area contributed by atoms with E-state index in [0.29, 0.717) is 5.92 Å². The van der Waals surface area contributed by atoms with E-state index in [2.05, 4.69) is 72.8 Å². The number of benzene rings is 1. The highest BCUT2D eigenvalue weighted by atomic mass is 32.1. The van der Waals surface area contributed by atoms with E-state index in [1.54, 1.807) is 12.7 Å². The number of anilines is 1. The highest BCUT2D eigenvalue weighted by Crippen LogP contribution is 2.41. The second-order valence-electron chi connectivity index (χ2n) is 7.07. The van der Waals surface area contributed by atoms with Crippen molar-refractivity contribution in [2.75, 3.05) is 25.1 Å². The second-order valence-corrected chi connectivity index (χ2v) is 7.50. The van der Waals surface area contributed by atoms with Crippen molar-refractivity contribution in [2.24, 2.45) is 0 Å². The van der Waals surface area contributed by atoms with Gasteiger partial charge >= 0.3 is 0 Å². The minimum Gasteiger partial charge on any atom is -0.495 e. The Bertz CT molecular complexity index is 808. The van der Waals surface area contributed by atoms with Crippen molar-refractivity contribution < 1.29 is 4.74 Å². The maximum atomic E-state index is 5.61. The van der Waals surface area contributed by atoms with Crippen molar-refractivity contribution in [1.82, 2.24) is 10.2 Å². The molecule has 3 rings (SSSR count). The molecule has 1 atom stereocenters. The minimum absolute atomic E-state index is 0.385. The van der Waals surface area contributed by atoms with Gasteiger partial charge in [-0.3, -0.25) is 5.10 Å². The van der Waals surface area contributed by atoms with Gasteiger partial charge in [0.25, 0.3) is 0 Å². The fraction of sp³-hybridized carbons (Fsp3) is 0.500. The molecule has 0 saturated carbocycles. The lowest BCUT2D eigenvalue weighted by molar-refractivity contribution is 0.414. The van der Waals surface area contributed by atoms with Crippen LogP contribution in [-0.4, -0.2) is 30.4 Å². The van der Waals surface area contributed by atoms with Crippen molar-refractivity contribution in [3.05, 3.63) is 35.5 Å². The molecular weight excluding hydrogens is 354 g/mol. The highest BCUT2D eigenvalue weighted by molar-refractivity contribution is 7.80. The number of rotatable bonds is 7.